The highest BCUT2D eigenvalue weighted by atomic mass is 16.3. The Labute approximate surface area is 128 Å². The fourth-order valence-corrected chi connectivity index (χ4v) is 2.03. The van der Waals surface area contributed by atoms with Crippen LogP contribution in [0.4, 0.5) is 5.69 Å². The number of hydrogen-bond acceptors (Lipinski definition) is 3. The summed E-state index contributed by atoms with van der Waals surface area (Å²) in [6.07, 6.45) is 1.46. The van der Waals surface area contributed by atoms with Crippen LogP contribution in [0, 0.1) is 5.92 Å². The van der Waals surface area contributed by atoms with Gasteiger partial charge in [-0.1, -0.05) is 26.0 Å². The van der Waals surface area contributed by atoms with Gasteiger partial charge in [-0.25, -0.2) is 0 Å². The second-order valence-electron chi connectivity index (χ2n) is 6.22. The number of anilines is 1. The molecule has 0 aliphatic carbocycles. The minimum absolute atomic E-state index is 0.0537. The normalized spacial score (nSPS) is 12.7. The summed E-state index contributed by atoms with van der Waals surface area (Å²) in [5.74, 6) is 0.589. The van der Waals surface area contributed by atoms with E-state index < -0.39 is 6.23 Å². The maximum Gasteiger partial charge on any atom is 0.224 e. The molecule has 0 unspecified atom stereocenters. The molecule has 1 atom stereocenters. The Kier molecular flexibility index (Phi) is 7.40. The number of nitrogens with one attached hydrogen (secondary N) is 2. The van der Waals surface area contributed by atoms with Gasteiger partial charge in [-0.15, -0.1) is 0 Å². The first-order valence-electron chi connectivity index (χ1n) is 7.69. The van der Waals surface area contributed by atoms with Crippen molar-refractivity contribution in [3.63, 3.8) is 0 Å². The highest BCUT2D eigenvalue weighted by Gasteiger charge is 2.07. The molecule has 0 saturated heterocycles. The number of hydrogen-bond donors (Lipinski definition) is 3. The molecule has 4 heteroatoms. The van der Waals surface area contributed by atoms with Gasteiger partial charge in [-0.3, -0.25) is 10.1 Å². The molecule has 0 radical (unpaired) electrons. The lowest BCUT2D eigenvalue weighted by Gasteiger charge is -2.16. The quantitative estimate of drug-likeness (QED) is 0.646. The van der Waals surface area contributed by atoms with Crippen LogP contribution in [0.3, 0.4) is 0 Å². The van der Waals surface area contributed by atoms with Gasteiger partial charge in [0, 0.05) is 24.6 Å². The molecule has 0 bridgehead atoms. The Morgan fingerprint density at radius 1 is 1.14 bits per heavy atom. The minimum Gasteiger partial charge on any atom is -0.378 e. The molecule has 0 heterocycles. The van der Waals surface area contributed by atoms with Crippen molar-refractivity contribution in [2.24, 2.45) is 5.92 Å². The number of rotatable bonds is 8. The highest BCUT2D eigenvalue weighted by molar-refractivity contribution is 5.90. The number of aliphatic hydroxyl groups excluding tert-OH is 1. The smallest absolute Gasteiger partial charge is 0.224 e. The Balaban J connectivity index is 2.44. The average molecular weight is 292 g/mol. The zero-order valence-electron chi connectivity index (χ0n) is 13.5. The molecule has 4 nitrogen and oxygen atoms in total. The molecule has 1 aromatic carbocycles. The standard InChI is InChI=1S/C17H28N2O2/c1-12(2)5-10-16(20)19-15-8-6-14(7-9-15)11-17(21)18-13(3)4/h6-9,12-13,17-18,21H,5,10-11H2,1-4H3,(H,19,20)/t17-/m1/s1. The van der Waals surface area contributed by atoms with Gasteiger partial charge in [-0.2, -0.15) is 0 Å². The van der Waals surface area contributed by atoms with E-state index in [1.54, 1.807) is 0 Å². The molecule has 3 N–H and O–H groups in total. The molecule has 0 spiro atoms. The Morgan fingerprint density at radius 2 is 1.76 bits per heavy atom. The van der Waals surface area contributed by atoms with Crippen LogP contribution in [0.25, 0.3) is 0 Å². The van der Waals surface area contributed by atoms with Gasteiger partial charge in [0.25, 0.3) is 0 Å². The molecule has 0 saturated carbocycles. The fourth-order valence-electron chi connectivity index (χ4n) is 2.03. The zero-order valence-corrected chi connectivity index (χ0v) is 13.5. The van der Waals surface area contributed by atoms with Crippen molar-refractivity contribution in [2.45, 2.75) is 59.2 Å². The molecule has 21 heavy (non-hydrogen) atoms. The lowest BCUT2D eigenvalue weighted by molar-refractivity contribution is -0.116. The second kappa shape index (κ2) is 8.80. The molecule has 118 valence electrons. The van der Waals surface area contributed by atoms with Crippen LogP contribution in [0.1, 0.15) is 46.1 Å². The van der Waals surface area contributed by atoms with Crippen LogP contribution >= 0.6 is 0 Å². The number of benzene rings is 1. The molecule has 1 rings (SSSR count). The Bertz CT molecular complexity index is 427. The third kappa shape index (κ3) is 7.83. The van der Waals surface area contributed by atoms with Crippen molar-refractivity contribution in [2.75, 3.05) is 5.32 Å². The van der Waals surface area contributed by atoms with E-state index >= 15 is 0 Å². The zero-order chi connectivity index (χ0) is 15.8. The summed E-state index contributed by atoms with van der Waals surface area (Å²) in [5.41, 5.74) is 1.84. The lowest BCUT2D eigenvalue weighted by Crippen LogP contribution is -2.36. The lowest BCUT2D eigenvalue weighted by atomic mass is 10.1. The molecule has 0 aromatic heterocycles. The average Bonchev–Trinajstić information content (AvgIpc) is 2.37. The third-order valence-corrected chi connectivity index (χ3v) is 3.14. The Morgan fingerprint density at radius 3 is 2.29 bits per heavy atom. The number of carbonyl (C=O) groups excluding carboxylic acids is 1. The topological polar surface area (TPSA) is 61.4 Å². The number of amides is 1. The monoisotopic (exact) mass is 292 g/mol. The van der Waals surface area contributed by atoms with Gasteiger partial charge in [-0.05, 0) is 43.9 Å². The van der Waals surface area contributed by atoms with Crippen molar-refractivity contribution < 1.29 is 9.90 Å². The summed E-state index contributed by atoms with van der Waals surface area (Å²) in [4.78, 5) is 11.7. The van der Waals surface area contributed by atoms with E-state index in [0.29, 0.717) is 18.8 Å². The third-order valence-electron chi connectivity index (χ3n) is 3.14. The number of carbonyl (C=O) groups is 1. The van der Waals surface area contributed by atoms with E-state index in [9.17, 15) is 9.90 Å². The van der Waals surface area contributed by atoms with Gasteiger partial charge in [0.05, 0.1) is 0 Å². The van der Waals surface area contributed by atoms with E-state index in [1.165, 1.54) is 0 Å². The van der Waals surface area contributed by atoms with Crippen LogP contribution in [0.5, 0.6) is 0 Å². The first-order valence-corrected chi connectivity index (χ1v) is 7.69. The van der Waals surface area contributed by atoms with Gasteiger partial charge < -0.3 is 10.4 Å². The first kappa shape index (κ1) is 17.7. The van der Waals surface area contributed by atoms with Gasteiger partial charge in [0.1, 0.15) is 6.23 Å². The summed E-state index contributed by atoms with van der Waals surface area (Å²) in [6.45, 7) is 8.22. The SMILES string of the molecule is CC(C)CCC(=O)Nc1ccc(C[C@@H](O)NC(C)C)cc1. The molecule has 1 amide bonds. The van der Waals surface area contributed by atoms with Crippen LogP contribution in [-0.2, 0) is 11.2 Å². The van der Waals surface area contributed by atoms with Crippen molar-refractivity contribution in [1.82, 2.24) is 5.32 Å². The summed E-state index contributed by atoms with van der Waals surface area (Å²) >= 11 is 0. The van der Waals surface area contributed by atoms with Crippen molar-refractivity contribution >= 4 is 11.6 Å². The number of aliphatic hydroxyl groups is 1. The minimum atomic E-state index is -0.545. The second-order valence-corrected chi connectivity index (χ2v) is 6.22. The summed E-state index contributed by atoms with van der Waals surface area (Å²) in [6, 6.07) is 7.88. The summed E-state index contributed by atoms with van der Waals surface area (Å²) < 4.78 is 0. The first-order chi connectivity index (χ1) is 9.86. The molecule has 0 aliphatic rings. The largest absolute Gasteiger partial charge is 0.378 e. The maximum atomic E-state index is 11.7. The fraction of sp³-hybridized carbons (Fsp3) is 0.588. The molecular formula is C17H28N2O2. The Hall–Kier alpha value is -1.39. The van der Waals surface area contributed by atoms with E-state index in [0.717, 1.165) is 17.7 Å². The van der Waals surface area contributed by atoms with Crippen LogP contribution < -0.4 is 10.6 Å². The van der Waals surface area contributed by atoms with Crippen molar-refractivity contribution in [3.8, 4) is 0 Å². The highest BCUT2D eigenvalue weighted by Crippen LogP contribution is 2.12. The van der Waals surface area contributed by atoms with Crippen molar-refractivity contribution in [1.29, 1.82) is 0 Å². The van der Waals surface area contributed by atoms with E-state index in [2.05, 4.69) is 24.5 Å². The van der Waals surface area contributed by atoms with Gasteiger partial charge in [0.2, 0.25) is 5.91 Å². The molecular weight excluding hydrogens is 264 g/mol. The van der Waals surface area contributed by atoms with E-state index in [-0.39, 0.29) is 11.9 Å². The van der Waals surface area contributed by atoms with Gasteiger partial charge in [0.15, 0.2) is 0 Å². The predicted molar refractivity (Wildman–Crippen MR) is 87.1 cm³/mol. The molecule has 0 aliphatic heterocycles. The van der Waals surface area contributed by atoms with Gasteiger partial charge >= 0.3 is 0 Å². The van der Waals surface area contributed by atoms with Crippen LogP contribution in [0.2, 0.25) is 0 Å². The van der Waals surface area contributed by atoms with Crippen LogP contribution in [-0.4, -0.2) is 23.3 Å². The molecule has 1 aromatic rings. The summed E-state index contributed by atoms with van der Waals surface area (Å²) in [5, 5.41) is 15.8. The maximum absolute atomic E-state index is 11.7. The van der Waals surface area contributed by atoms with Crippen molar-refractivity contribution in [3.05, 3.63) is 29.8 Å². The molecule has 0 fully saturated rings. The van der Waals surface area contributed by atoms with E-state index in [1.807, 2.05) is 38.1 Å². The predicted octanol–water partition coefficient (Wildman–Crippen LogP) is 2.92. The summed E-state index contributed by atoms with van der Waals surface area (Å²) in [7, 11) is 0. The van der Waals surface area contributed by atoms with Crippen LogP contribution in [0.15, 0.2) is 24.3 Å². The van der Waals surface area contributed by atoms with E-state index in [4.69, 9.17) is 0 Å².